The second kappa shape index (κ2) is 35.8. The monoisotopic (exact) mass is 1540 g/mol. The number of carbonyl (C=O) groups excluding carboxylic acids is 3. The summed E-state index contributed by atoms with van der Waals surface area (Å²) < 4.78 is 23.7. The SMILES string of the molecule is CC(=O)Cc1cc(-n2cc(-c3ncn(COCC[Si](C)(C)C)n3)c(-c3ccccc3Cl)n2)c(Br)cn1.CC(=O)Cc1cc(-n2cc(-c3ncn(COCC[Si](C)(C)C)n3)c(-c3ccccc3Cl)n2)ccn1.CC(=O)Cc1cc(-n2cc(-c3ncn[nH]3)c(-c3ccccc3Cl)n2)c(C)cn1.[B]=NS. The first-order valence-electron chi connectivity index (χ1n) is 32.2. The summed E-state index contributed by atoms with van der Waals surface area (Å²) >= 11 is 26.2. The van der Waals surface area contributed by atoms with E-state index in [1.807, 2.05) is 123 Å². The summed E-state index contributed by atoms with van der Waals surface area (Å²) in [5.41, 5.74) is 11.9. The van der Waals surface area contributed by atoms with Gasteiger partial charge in [-0.15, -0.1) is 10.2 Å². The Morgan fingerprint density at radius 2 is 0.971 bits per heavy atom. The van der Waals surface area contributed by atoms with E-state index >= 15 is 0 Å². The third-order valence-corrected chi connectivity index (χ3v) is 20.1. The standard InChI is InChI=1S/C25H28BrClN6O2Si.C25H29ClN6O2Si.C20H17ClN6O.BHNS/c1-17(34)11-18-12-23(21(26)13-28-18)33-14-20(24(30-33)19-7-5-6-8-22(19)27)25-29-15-32(31-25)16-35-9-10-36(2,3)4;1-18(33)13-19-14-20(9-10-27-19)32-15-22(24(29-32)21-7-5-6-8-23(21)26)25-28-16-31(30-25)17-34-11-12-35(2,3)4;1-12-9-22-14(7-13(2)28)8-18(12)27-10-16(20-23-11-24-25-20)19(26-27)15-5-3-4-6-17(15)21;1-2-3/h5-8,12-15H,9-11,16H2,1-4H3;5-10,14-16H,11-13,17H2,1-4H3;3-6,8-11H,7H2,1-2H3,(H,23,24,25);3H. The van der Waals surface area contributed by atoms with E-state index in [9.17, 15) is 14.4 Å². The third kappa shape index (κ3) is 21.6. The minimum atomic E-state index is -1.16. The Hall–Kier alpha value is -8.91. The Bertz CT molecular complexity index is 4880. The van der Waals surface area contributed by atoms with Crippen LogP contribution in [0.4, 0.5) is 0 Å². The second-order valence-electron chi connectivity index (χ2n) is 26.0. The summed E-state index contributed by atoms with van der Waals surface area (Å²) in [6.45, 7) is 22.6. The van der Waals surface area contributed by atoms with Crippen LogP contribution in [0.1, 0.15) is 43.4 Å². The predicted molar refractivity (Wildman–Crippen MR) is 410 cm³/mol. The maximum absolute atomic E-state index is 11.6. The average molecular weight is 1550 g/mol. The summed E-state index contributed by atoms with van der Waals surface area (Å²) in [6, 6.07) is 32.2. The summed E-state index contributed by atoms with van der Waals surface area (Å²) in [4.78, 5) is 61.0. The Morgan fingerprint density at radius 1 is 0.549 bits per heavy atom. The molecule has 0 aliphatic rings. The first kappa shape index (κ1) is 77.3. The normalized spacial score (nSPS) is 11.3. The van der Waals surface area contributed by atoms with E-state index in [0.29, 0.717) is 93.4 Å². The van der Waals surface area contributed by atoms with Crippen molar-refractivity contribution < 1.29 is 23.9 Å². The fourth-order valence-corrected chi connectivity index (χ4v) is 12.6. The molecule has 0 bridgehead atoms. The van der Waals surface area contributed by atoms with Crippen LogP contribution in [0.5, 0.6) is 0 Å². The van der Waals surface area contributed by atoms with Crippen molar-refractivity contribution in [3.63, 3.8) is 0 Å². The number of pyridine rings is 3. The number of nitrogens with one attached hydrogen (secondary N) is 1. The summed E-state index contributed by atoms with van der Waals surface area (Å²) in [5.74, 6) is 1.78. The number of hydrogen-bond donors (Lipinski definition) is 2. The van der Waals surface area contributed by atoms with Gasteiger partial charge in [0.25, 0.3) is 0 Å². The van der Waals surface area contributed by atoms with E-state index in [2.05, 4.69) is 130 Å². The summed E-state index contributed by atoms with van der Waals surface area (Å²) in [5, 5.41) is 32.3. The molecule has 0 unspecified atom stereocenters. The second-order valence-corrected chi connectivity index (χ2v) is 39.6. The van der Waals surface area contributed by atoms with Gasteiger partial charge in [0.15, 0.2) is 17.5 Å². The zero-order chi connectivity index (χ0) is 73.3. The van der Waals surface area contributed by atoms with Crippen LogP contribution in [-0.4, -0.2) is 143 Å². The van der Waals surface area contributed by atoms with Gasteiger partial charge in [0.1, 0.15) is 66.9 Å². The molecule has 0 aliphatic carbocycles. The van der Waals surface area contributed by atoms with E-state index in [-0.39, 0.29) is 36.6 Å². The van der Waals surface area contributed by atoms with Crippen LogP contribution in [0.25, 0.3) is 85.0 Å². The van der Waals surface area contributed by atoms with E-state index in [0.717, 1.165) is 72.6 Å². The zero-order valence-corrected chi connectivity index (χ0v) is 64.7. The van der Waals surface area contributed by atoms with Gasteiger partial charge in [-0.2, -0.15) is 20.4 Å². The van der Waals surface area contributed by atoms with Crippen molar-refractivity contribution in [2.45, 2.75) is 112 Å². The van der Waals surface area contributed by atoms with Gasteiger partial charge in [-0.05, 0) is 104 Å². The third-order valence-electron chi connectivity index (χ3n) is 15.1. The molecule has 0 saturated heterocycles. The molecule has 0 amide bonds. The van der Waals surface area contributed by atoms with Crippen LogP contribution in [0, 0.1) is 6.92 Å². The number of ether oxygens (including phenoxy) is 2. The summed E-state index contributed by atoms with van der Waals surface area (Å²) in [6.07, 6.45) is 16.3. The van der Waals surface area contributed by atoms with Gasteiger partial charge in [0, 0.05) is 120 Å². The van der Waals surface area contributed by atoms with Crippen LogP contribution in [0.15, 0.2) is 162 Å². The fourth-order valence-electron chi connectivity index (χ4n) is 10.0. The number of rotatable bonds is 25. The minimum absolute atomic E-state index is 0.0375. The number of Topliss-reactive ketones (excluding diaryl/α,β-unsaturated/α-hetero) is 3. The Kier molecular flexibility index (Phi) is 27.1. The first-order chi connectivity index (χ1) is 48.7. The molecule has 1 N–H and O–H groups in total. The van der Waals surface area contributed by atoms with Gasteiger partial charge in [-0.1, -0.05) is 129 Å². The quantitative estimate of drug-likeness (QED) is 0.0305. The molecule has 32 heteroatoms. The molecule has 0 atom stereocenters. The predicted octanol–water partition coefficient (Wildman–Crippen LogP) is 15.3. The number of aromatic amines is 1. The van der Waals surface area contributed by atoms with Crippen molar-refractivity contribution in [2.75, 3.05) is 13.2 Å². The number of aromatic nitrogens is 18. The van der Waals surface area contributed by atoms with Gasteiger partial charge in [-0.3, -0.25) is 34.4 Å². The van der Waals surface area contributed by atoms with Crippen molar-refractivity contribution in [3.05, 3.63) is 195 Å². The molecule has 0 aliphatic heterocycles. The van der Waals surface area contributed by atoms with E-state index < -0.39 is 16.1 Å². The average Bonchev–Trinajstić information content (AvgIpc) is 1.64. The molecule has 12 aromatic rings. The Labute approximate surface area is 622 Å². The van der Waals surface area contributed by atoms with Crippen molar-refractivity contribution in [1.29, 1.82) is 0 Å². The molecule has 9 heterocycles. The van der Waals surface area contributed by atoms with Crippen molar-refractivity contribution in [3.8, 4) is 85.0 Å². The van der Waals surface area contributed by atoms with Crippen LogP contribution in [0.3, 0.4) is 0 Å². The molecule has 1 radical (unpaired) electrons. The van der Waals surface area contributed by atoms with Crippen molar-refractivity contribution >= 4 is 105 Å². The number of ketones is 3. The molecule has 24 nitrogen and oxygen atoms in total. The Balaban J connectivity index is 0.000000176. The molecule has 12 rings (SSSR count). The number of thiol groups is 1. The molecule has 9 aromatic heterocycles. The topological polar surface area (TPSA) is 277 Å². The van der Waals surface area contributed by atoms with Gasteiger partial charge in [0.2, 0.25) is 0 Å². The zero-order valence-electron chi connectivity index (χ0n) is 57.9. The van der Waals surface area contributed by atoms with Crippen LogP contribution in [0.2, 0.25) is 66.4 Å². The van der Waals surface area contributed by atoms with Crippen LogP contribution < -0.4 is 0 Å². The van der Waals surface area contributed by atoms with Gasteiger partial charge < -0.3 is 9.47 Å². The fraction of sp³-hybridized carbons (Fsp3) is 0.271. The van der Waals surface area contributed by atoms with E-state index in [4.69, 9.17) is 59.6 Å². The van der Waals surface area contributed by atoms with Crippen LogP contribution in [-0.2, 0) is 56.6 Å². The molecule has 525 valence electrons. The number of aryl methyl sites for hydroxylation is 1. The molecule has 0 fully saturated rings. The number of halogens is 4. The molecule has 3 aromatic carbocycles. The number of benzene rings is 3. The molecule has 102 heavy (non-hydrogen) atoms. The van der Waals surface area contributed by atoms with E-state index in [1.54, 1.807) is 75.4 Å². The van der Waals surface area contributed by atoms with Gasteiger partial charge in [-0.25, -0.2) is 38.4 Å². The van der Waals surface area contributed by atoms with E-state index in [1.165, 1.54) is 6.33 Å². The molecule has 0 spiro atoms. The number of carbonyl (C=O) groups is 3. The van der Waals surface area contributed by atoms with Gasteiger partial charge >= 0.3 is 24.8 Å². The Morgan fingerprint density at radius 3 is 1.43 bits per heavy atom. The van der Waals surface area contributed by atoms with Crippen molar-refractivity contribution in [1.82, 2.24) is 89.0 Å². The summed E-state index contributed by atoms with van der Waals surface area (Å²) in [7, 11) is 2.02. The first-order valence-corrected chi connectivity index (χ1v) is 41.9. The molecular formula is C70H75BBrCl3N19O5SSi2. The molecular weight excluding hydrogens is 1470 g/mol. The number of hydrogen-bond acceptors (Lipinski definition) is 19. The molecule has 0 saturated carbocycles. The number of H-pyrrole nitrogens is 1. The number of nitrogens with zero attached hydrogens (tertiary/aromatic N) is 18. The van der Waals surface area contributed by atoms with Crippen molar-refractivity contribution in [2.24, 2.45) is 4.30 Å². The van der Waals surface area contributed by atoms with Gasteiger partial charge in [0.05, 0.1) is 53.3 Å². The maximum atomic E-state index is 11.6. The van der Waals surface area contributed by atoms with Crippen LogP contribution >= 0.6 is 63.5 Å².